The van der Waals surface area contributed by atoms with Crippen LogP contribution in [-0.4, -0.2) is 60.5 Å². The zero-order chi connectivity index (χ0) is 23.4. The van der Waals surface area contributed by atoms with Crippen molar-refractivity contribution in [1.82, 2.24) is 19.2 Å². The van der Waals surface area contributed by atoms with Crippen LogP contribution in [0.1, 0.15) is 57.7 Å². The molecule has 33 heavy (non-hydrogen) atoms. The van der Waals surface area contributed by atoms with Gasteiger partial charge >= 0.3 is 0 Å². The van der Waals surface area contributed by atoms with E-state index < -0.39 is 10.0 Å². The van der Waals surface area contributed by atoms with Gasteiger partial charge in [0.25, 0.3) is 0 Å². The van der Waals surface area contributed by atoms with Gasteiger partial charge in [0, 0.05) is 39.0 Å². The third-order valence-electron chi connectivity index (χ3n) is 7.06. The summed E-state index contributed by atoms with van der Waals surface area (Å²) in [4.78, 5) is 17.6. The molecule has 8 nitrogen and oxygen atoms in total. The molecule has 0 bridgehead atoms. The van der Waals surface area contributed by atoms with Crippen LogP contribution >= 0.6 is 0 Å². The van der Waals surface area contributed by atoms with Gasteiger partial charge in [-0.15, -0.1) is 0 Å². The van der Waals surface area contributed by atoms with Gasteiger partial charge in [-0.3, -0.25) is 4.79 Å². The van der Waals surface area contributed by atoms with Crippen molar-refractivity contribution in [3.8, 4) is 0 Å². The summed E-state index contributed by atoms with van der Waals surface area (Å²) in [6.45, 7) is 3.77. The fourth-order valence-corrected chi connectivity index (χ4v) is 6.52. The molecule has 1 aromatic heterocycles. The minimum absolute atomic E-state index is 0.0750. The minimum atomic E-state index is -3.57. The number of carbonyl (C=O) groups is 1. The average molecular weight is 477 g/mol. The van der Waals surface area contributed by atoms with Crippen LogP contribution in [0.4, 0.5) is 0 Å². The smallest absolute Gasteiger partial charge is 0.243 e. The number of benzene rings is 1. The first-order valence-corrected chi connectivity index (χ1v) is 13.7. The van der Waals surface area contributed by atoms with E-state index in [4.69, 9.17) is 4.74 Å². The van der Waals surface area contributed by atoms with Gasteiger partial charge in [0.15, 0.2) is 0 Å². The number of nitrogens with one attached hydrogen (secondary N) is 1. The second-order valence-corrected chi connectivity index (χ2v) is 11.2. The van der Waals surface area contributed by atoms with Crippen molar-refractivity contribution in [2.24, 2.45) is 13.0 Å². The zero-order valence-corrected chi connectivity index (χ0v) is 20.6. The standard InChI is InChI=1S/C24H36N4O4S/c1-3-4-6-18-7-5-8-20(18)26-24(29)12-11-23-25-21-17-19(9-10-22(21)27(23)2)33(30,31)28-13-15-32-16-14-28/h9-10,17-18,20H,3-8,11-16H2,1-2H3,(H,26,29). The Balaban J connectivity index is 1.41. The first-order chi connectivity index (χ1) is 15.9. The number of ether oxygens (including phenoxy) is 1. The van der Waals surface area contributed by atoms with E-state index in [-0.39, 0.29) is 10.8 Å². The fourth-order valence-electron chi connectivity index (χ4n) is 5.09. The van der Waals surface area contributed by atoms with Crippen LogP contribution in [0.2, 0.25) is 0 Å². The molecule has 182 valence electrons. The number of amides is 1. The van der Waals surface area contributed by atoms with Crippen LogP contribution in [0.25, 0.3) is 11.0 Å². The van der Waals surface area contributed by atoms with Crippen molar-refractivity contribution in [3.63, 3.8) is 0 Å². The lowest BCUT2D eigenvalue weighted by atomic mass is 9.96. The molecule has 1 aliphatic carbocycles. The highest BCUT2D eigenvalue weighted by Crippen LogP contribution is 2.30. The summed E-state index contributed by atoms with van der Waals surface area (Å²) < 4.78 is 34.6. The minimum Gasteiger partial charge on any atom is -0.379 e. The summed E-state index contributed by atoms with van der Waals surface area (Å²) in [5.41, 5.74) is 1.50. The second kappa shape index (κ2) is 10.5. The van der Waals surface area contributed by atoms with E-state index in [1.807, 2.05) is 11.6 Å². The SMILES string of the molecule is CCCCC1CCCC1NC(=O)CCc1nc2cc(S(=O)(=O)N3CCOCC3)ccc2n1C. The predicted molar refractivity (Wildman–Crippen MR) is 127 cm³/mol. The lowest BCUT2D eigenvalue weighted by molar-refractivity contribution is -0.122. The van der Waals surface area contributed by atoms with Crippen LogP contribution in [0, 0.1) is 5.92 Å². The van der Waals surface area contributed by atoms with E-state index in [1.165, 1.54) is 36.4 Å². The molecule has 1 saturated heterocycles. The maximum Gasteiger partial charge on any atom is 0.243 e. The number of fused-ring (bicyclic) bond motifs is 1. The van der Waals surface area contributed by atoms with Gasteiger partial charge in [0.05, 0.1) is 29.1 Å². The monoisotopic (exact) mass is 476 g/mol. The molecule has 1 aliphatic heterocycles. The topological polar surface area (TPSA) is 93.5 Å². The second-order valence-electron chi connectivity index (χ2n) is 9.26. The summed E-state index contributed by atoms with van der Waals surface area (Å²) in [5, 5.41) is 3.26. The third-order valence-corrected chi connectivity index (χ3v) is 8.96. The molecule has 1 N–H and O–H groups in total. The van der Waals surface area contributed by atoms with E-state index in [2.05, 4.69) is 17.2 Å². The van der Waals surface area contributed by atoms with E-state index >= 15 is 0 Å². The molecular weight excluding hydrogens is 440 g/mol. The Morgan fingerprint density at radius 1 is 1.24 bits per heavy atom. The van der Waals surface area contributed by atoms with Crippen molar-refractivity contribution in [3.05, 3.63) is 24.0 Å². The Kier molecular flexibility index (Phi) is 7.71. The summed E-state index contributed by atoms with van der Waals surface area (Å²) >= 11 is 0. The summed E-state index contributed by atoms with van der Waals surface area (Å²) in [7, 11) is -1.66. The molecule has 2 unspecified atom stereocenters. The molecule has 2 aliphatic rings. The van der Waals surface area contributed by atoms with E-state index in [1.54, 1.807) is 18.2 Å². The molecule has 2 heterocycles. The number of rotatable bonds is 9. The van der Waals surface area contributed by atoms with Crippen LogP contribution in [-0.2, 0) is 33.0 Å². The van der Waals surface area contributed by atoms with Crippen LogP contribution in [0.15, 0.2) is 23.1 Å². The summed E-state index contributed by atoms with van der Waals surface area (Å²) in [6, 6.07) is 5.39. The molecule has 2 aromatic rings. The van der Waals surface area contributed by atoms with Gasteiger partial charge in [-0.1, -0.05) is 26.2 Å². The quantitative estimate of drug-likeness (QED) is 0.601. The Bertz CT molecular complexity index is 1080. The van der Waals surface area contributed by atoms with Gasteiger partial charge in [0.2, 0.25) is 15.9 Å². The normalized spacial score (nSPS) is 22.1. The number of morpholine rings is 1. The van der Waals surface area contributed by atoms with Crippen molar-refractivity contribution >= 4 is 27.0 Å². The van der Waals surface area contributed by atoms with Crippen molar-refractivity contribution in [1.29, 1.82) is 0 Å². The summed E-state index contributed by atoms with van der Waals surface area (Å²) in [5.74, 6) is 1.47. The lowest BCUT2D eigenvalue weighted by Crippen LogP contribution is -2.40. The number of aromatic nitrogens is 2. The van der Waals surface area contributed by atoms with Gasteiger partial charge < -0.3 is 14.6 Å². The number of sulfonamides is 1. The number of nitrogens with zero attached hydrogens (tertiary/aromatic N) is 3. The molecule has 0 radical (unpaired) electrons. The Morgan fingerprint density at radius 3 is 2.79 bits per heavy atom. The largest absolute Gasteiger partial charge is 0.379 e. The van der Waals surface area contributed by atoms with E-state index in [0.717, 1.165) is 17.8 Å². The lowest BCUT2D eigenvalue weighted by Gasteiger charge is -2.26. The first-order valence-electron chi connectivity index (χ1n) is 12.2. The molecule has 2 atom stereocenters. The maximum absolute atomic E-state index is 13.0. The maximum atomic E-state index is 13.0. The highest BCUT2D eigenvalue weighted by molar-refractivity contribution is 7.89. The highest BCUT2D eigenvalue weighted by Gasteiger charge is 2.29. The van der Waals surface area contributed by atoms with E-state index in [0.29, 0.717) is 56.6 Å². The Morgan fingerprint density at radius 2 is 2.03 bits per heavy atom. The van der Waals surface area contributed by atoms with Gasteiger partial charge in [-0.05, 0) is 43.4 Å². The van der Waals surface area contributed by atoms with Crippen LogP contribution < -0.4 is 5.32 Å². The number of hydrogen-bond acceptors (Lipinski definition) is 5. The number of imidazole rings is 1. The molecule has 2 fully saturated rings. The van der Waals surface area contributed by atoms with Gasteiger partial charge in [-0.25, -0.2) is 13.4 Å². The molecule has 0 spiro atoms. The molecule has 4 rings (SSSR count). The first kappa shape index (κ1) is 24.2. The molecule has 1 amide bonds. The van der Waals surface area contributed by atoms with Crippen LogP contribution in [0.5, 0.6) is 0 Å². The van der Waals surface area contributed by atoms with Crippen molar-refractivity contribution < 1.29 is 17.9 Å². The highest BCUT2D eigenvalue weighted by atomic mass is 32.2. The number of carbonyl (C=O) groups excluding carboxylic acids is 1. The van der Waals surface area contributed by atoms with Gasteiger partial charge in [0.1, 0.15) is 5.82 Å². The number of aryl methyl sites for hydroxylation is 2. The Labute approximate surface area is 196 Å². The molecule has 1 aromatic carbocycles. The zero-order valence-electron chi connectivity index (χ0n) is 19.8. The molecule has 9 heteroatoms. The average Bonchev–Trinajstić information content (AvgIpc) is 3.40. The fraction of sp³-hybridized carbons (Fsp3) is 0.667. The Hall–Kier alpha value is -1.97. The predicted octanol–water partition coefficient (Wildman–Crippen LogP) is 3.00. The molecular formula is C24H36N4O4S. The van der Waals surface area contributed by atoms with Crippen LogP contribution in [0.3, 0.4) is 0 Å². The van der Waals surface area contributed by atoms with Gasteiger partial charge in [-0.2, -0.15) is 4.31 Å². The summed E-state index contributed by atoms with van der Waals surface area (Å²) in [6.07, 6.45) is 8.00. The van der Waals surface area contributed by atoms with E-state index in [9.17, 15) is 13.2 Å². The molecule has 1 saturated carbocycles. The number of hydrogen-bond donors (Lipinski definition) is 1. The van der Waals surface area contributed by atoms with Crippen molar-refractivity contribution in [2.75, 3.05) is 26.3 Å². The number of unbranched alkanes of at least 4 members (excludes halogenated alkanes) is 1. The van der Waals surface area contributed by atoms with Crippen molar-refractivity contribution in [2.45, 2.75) is 69.2 Å². The third kappa shape index (κ3) is 5.41.